The summed E-state index contributed by atoms with van der Waals surface area (Å²) in [6.07, 6.45) is 4.00. The molecule has 0 bridgehead atoms. The van der Waals surface area contributed by atoms with Gasteiger partial charge in [-0.3, -0.25) is 14.6 Å². The molecule has 3 aromatic rings. The van der Waals surface area contributed by atoms with Gasteiger partial charge in [-0.05, 0) is 36.5 Å². The van der Waals surface area contributed by atoms with Crippen molar-refractivity contribution in [3.8, 4) is 5.75 Å². The van der Waals surface area contributed by atoms with Crippen LogP contribution in [0, 0.1) is 5.92 Å². The van der Waals surface area contributed by atoms with E-state index >= 15 is 0 Å². The number of amides is 1. The molecule has 1 saturated carbocycles. The number of aliphatic hydroxyl groups excluding tert-OH is 1. The third-order valence-corrected chi connectivity index (χ3v) is 5.22. The number of aromatic amines is 1. The Morgan fingerprint density at radius 2 is 2.11 bits per heavy atom. The first kappa shape index (κ1) is 18.2. The van der Waals surface area contributed by atoms with Gasteiger partial charge in [-0.15, -0.1) is 0 Å². The van der Waals surface area contributed by atoms with Crippen LogP contribution in [0.25, 0.3) is 10.9 Å². The molecule has 0 radical (unpaired) electrons. The molecule has 4 rings (SSSR count). The smallest absolute Gasteiger partial charge is 0.268 e. The summed E-state index contributed by atoms with van der Waals surface area (Å²) >= 11 is 0. The molecule has 3 N–H and O–H groups in total. The fraction of sp³-hybridized carbons (Fsp3) is 0.286. The van der Waals surface area contributed by atoms with Crippen molar-refractivity contribution < 1.29 is 14.6 Å². The number of H-pyrrole nitrogens is 1. The number of ether oxygens (including phenoxy) is 1. The monoisotopic (exact) mass is 379 g/mol. The van der Waals surface area contributed by atoms with E-state index in [1.165, 1.54) is 19.4 Å². The maximum absolute atomic E-state index is 12.8. The van der Waals surface area contributed by atoms with Gasteiger partial charge in [-0.2, -0.15) is 0 Å². The Labute approximate surface area is 161 Å². The van der Waals surface area contributed by atoms with Crippen molar-refractivity contribution in [2.24, 2.45) is 5.92 Å². The van der Waals surface area contributed by atoms with Crippen molar-refractivity contribution in [3.05, 3.63) is 70.3 Å². The van der Waals surface area contributed by atoms with Crippen molar-refractivity contribution in [2.45, 2.75) is 25.0 Å². The number of methoxy groups -OCH3 is 1. The Bertz CT molecular complexity index is 1070. The first-order valence-electron chi connectivity index (χ1n) is 9.15. The summed E-state index contributed by atoms with van der Waals surface area (Å²) < 4.78 is 4.94. The summed E-state index contributed by atoms with van der Waals surface area (Å²) in [4.78, 5) is 32.0. The molecule has 2 aromatic heterocycles. The zero-order chi connectivity index (χ0) is 19.7. The Morgan fingerprint density at radius 1 is 1.32 bits per heavy atom. The molecule has 1 aliphatic rings. The van der Waals surface area contributed by atoms with E-state index in [1.807, 2.05) is 30.3 Å². The first-order valence-corrected chi connectivity index (χ1v) is 9.15. The van der Waals surface area contributed by atoms with Crippen LogP contribution in [0.5, 0.6) is 5.75 Å². The molecular weight excluding hydrogens is 358 g/mol. The maximum Gasteiger partial charge on any atom is 0.268 e. The number of carbonyl (C=O) groups is 1. The highest BCUT2D eigenvalue weighted by Crippen LogP contribution is 2.38. The van der Waals surface area contributed by atoms with Crippen molar-refractivity contribution in [1.82, 2.24) is 15.3 Å². The summed E-state index contributed by atoms with van der Waals surface area (Å²) in [7, 11) is 1.40. The van der Waals surface area contributed by atoms with Crippen molar-refractivity contribution in [2.75, 3.05) is 7.11 Å². The van der Waals surface area contributed by atoms with E-state index in [9.17, 15) is 14.7 Å². The van der Waals surface area contributed by atoms with Gasteiger partial charge >= 0.3 is 0 Å². The Kier molecular flexibility index (Phi) is 4.83. The van der Waals surface area contributed by atoms with E-state index in [-0.39, 0.29) is 40.8 Å². The number of aromatic nitrogens is 2. The van der Waals surface area contributed by atoms with E-state index in [0.29, 0.717) is 12.8 Å². The number of carbonyl (C=O) groups excluding carboxylic acids is 1. The topological polar surface area (TPSA) is 104 Å². The lowest BCUT2D eigenvalue weighted by molar-refractivity contribution is 0.0234. The number of benzene rings is 1. The molecule has 1 atom stereocenters. The Hall–Kier alpha value is -3.19. The van der Waals surface area contributed by atoms with Crippen LogP contribution in [-0.2, 0) is 0 Å². The molecular formula is C21H21N3O4. The lowest BCUT2D eigenvalue weighted by atomic mass is 9.75. The molecule has 1 amide bonds. The molecule has 0 spiro atoms. The van der Waals surface area contributed by atoms with Gasteiger partial charge in [0, 0.05) is 23.8 Å². The minimum absolute atomic E-state index is 0.104. The lowest BCUT2D eigenvalue weighted by Crippen LogP contribution is -2.41. The Morgan fingerprint density at radius 3 is 2.82 bits per heavy atom. The maximum atomic E-state index is 12.8. The van der Waals surface area contributed by atoms with Crippen LogP contribution in [-0.4, -0.2) is 34.2 Å². The number of aliphatic hydroxyl groups is 1. The van der Waals surface area contributed by atoms with Gasteiger partial charge in [-0.25, -0.2) is 0 Å². The second kappa shape index (κ2) is 7.44. The number of fused-ring (bicyclic) bond motifs is 1. The molecule has 7 heteroatoms. The zero-order valence-electron chi connectivity index (χ0n) is 15.4. The number of nitrogens with one attached hydrogen (secondary N) is 2. The van der Waals surface area contributed by atoms with Crippen LogP contribution < -0.4 is 15.5 Å². The minimum atomic E-state index is -0.390. The lowest BCUT2D eigenvalue weighted by Gasteiger charge is -2.38. The fourth-order valence-corrected chi connectivity index (χ4v) is 3.60. The van der Waals surface area contributed by atoms with Gasteiger partial charge in [0.25, 0.3) is 5.91 Å². The molecule has 1 aromatic carbocycles. The number of nitrogens with zero attached hydrogens (tertiary/aromatic N) is 1. The fourth-order valence-electron chi connectivity index (χ4n) is 3.60. The first-order chi connectivity index (χ1) is 13.5. The number of hydrogen-bond acceptors (Lipinski definition) is 5. The highest BCUT2D eigenvalue weighted by Gasteiger charge is 2.36. The van der Waals surface area contributed by atoms with Crippen molar-refractivity contribution in [1.29, 1.82) is 0 Å². The molecule has 0 unspecified atom stereocenters. The Balaban J connectivity index is 1.63. The molecule has 7 nitrogen and oxygen atoms in total. The van der Waals surface area contributed by atoms with E-state index < -0.39 is 0 Å². The van der Waals surface area contributed by atoms with Gasteiger partial charge in [0.2, 0.25) is 5.43 Å². The van der Waals surface area contributed by atoms with Crippen LogP contribution in [0.15, 0.2) is 53.6 Å². The molecule has 2 heterocycles. The van der Waals surface area contributed by atoms with Crippen LogP contribution in [0.1, 0.15) is 34.9 Å². The molecule has 1 fully saturated rings. The molecule has 144 valence electrons. The van der Waals surface area contributed by atoms with Crippen molar-refractivity contribution in [3.63, 3.8) is 0 Å². The molecule has 0 saturated heterocycles. The van der Waals surface area contributed by atoms with Crippen LogP contribution in [0.3, 0.4) is 0 Å². The largest absolute Gasteiger partial charge is 0.491 e. The predicted molar refractivity (Wildman–Crippen MR) is 104 cm³/mol. The highest BCUT2D eigenvalue weighted by atomic mass is 16.5. The second-order valence-corrected chi connectivity index (χ2v) is 7.08. The SMILES string of the molecule is COc1c[nH]c(C(=O)N[C@H](c2cnc3ccccc3c2)C2CC(O)C2)cc1=O. The average molecular weight is 379 g/mol. The highest BCUT2D eigenvalue weighted by molar-refractivity contribution is 5.92. The zero-order valence-corrected chi connectivity index (χ0v) is 15.4. The van der Waals surface area contributed by atoms with Gasteiger partial charge < -0.3 is 20.1 Å². The third-order valence-electron chi connectivity index (χ3n) is 5.22. The number of hydrogen-bond donors (Lipinski definition) is 3. The van der Waals surface area contributed by atoms with Crippen molar-refractivity contribution >= 4 is 16.8 Å². The van der Waals surface area contributed by atoms with Gasteiger partial charge in [0.15, 0.2) is 5.75 Å². The number of para-hydroxylation sites is 1. The summed E-state index contributed by atoms with van der Waals surface area (Å²) in [6.45, 7) is 0. The quantitative estimate of drug-likeness (QED) is 0.630. The van der Waals surface area contributed by atoms with Crippen LogP contribution in [0.2, 0.25) is 0 Å². The standard InChI is InChI=1S/C21H21N3O4/c1-28-19-11-23-17(9-18(19)26)21(27)24-20(13-7-15(25)8-13)14-6-12-4-2-3-5-16(12)22-10-14/h2-6,9-11,13,15,20,25H,7-8H2,1H3,(H,23,26)(H,24,27)/t13?,15?,20-/m0/s1. The van der Waals surface area contributed by atoms with Crippen LogP contribution >= 0.6 is 0 Å². The van der Waals surface area contributed by atoms with Gasteiger partial charge in [-0.1, -0.05) is 18.2 Å². The second-order valence-electron chi connectivity index (χ2n) is 7.08. The van der Waals surface area contributed by atoms with E-state index in [2.05, 4.69) is 15.3 Å². The predicted octanol–water partition coefficient (Wildman–Crippen LogP) is 2.17. The molecule has 28 heavy (non-hydrogen) atoms. The molecule has 0 aliphatic heterocycles. The normalized spacial score (nSPS) is 19.6. The van der Waals surface area contributed by atoms with Gasteiger partial charge in [0.05, 0.1) is 24.8 Å². The average Bonchev–Trinajstić information content (AvgIpc) is 2.69. The summed E-state index contributed by atoms with van der Waals surface area (Å²) in [5, 5.41) is 13.7. The summed E-state index contributed by atoms with van der Waals surface area (Å²) in [6, 6.07) is 10.7. The van der Waals surface area contributed by atoms with Crippen LogP contribution in [0.4, 0.5) is 0 Å². The van der Waals surface area contributed by atoms with E-state index in [4.69, 9.17) is 4.74 Å². The molecule has 1 aliphatic carbocycles. The third kappa shape index (κ3) is 3.48. The van der Waals surface area contributed by atoms with E-state index in [1.54, 1.807) is 6.20 Å². The van der Waals surface area contributed by atoms with Gasteiger partial charge in [0.1, 0.15) is 5.69 Å². The summed E-state index contributed by atoms with van der Waals surface area (Å²) in [5.41, 5.74) is 1.54. The minimum Gasteiger partial charge on any atom is -0.491 e. The summed E-state index contributed by atoms with van der Waals surface area (Å²) in [5.74, 6) is -0.139. The number of rotatable bonds is 5. The number of pyridine rings is 2. The van der Waals surface area contributed by atoms with E-state index in [0.717, 1.165) is 16.5 Å².